The maximum absolute atomic E-state index is 13.3. The molecule has 0 saturated heterocycles. The zero-order valence-electron chi connectivity index (χ0n) is 16.1. The van der Waals surface area contributed by atoms with Crippen molar-refractivity contribution in [1.29, 1.82) is 0 Å². The SMILES string of the molecule is COc1ccccc1C(=O)NC(=S)Nc1ccc2oc(-c3ccc(F)cc3Cl)nc2c1. The number of carbonyl (C=O) groups excluding carboxylic acids is 1. The summed E-state index contributed by atoms with van der Waals surface area (Å²) in [6, 6.07) is 16.0. The average molecular weight is 456 g/mol. The molecule has 2 N–H and O–H groups in total. The van der Waals surface area contributed by atoms with E-state index >= 15 is 0 Å². The van der Waals surface area contributed by atoms with Gasteiger partial charge in [0.2, 0.25) is 5.89 Å². The molecule has 1 amide bonds. The molecule has 0 fully saturated rings. The van der Waals surface area contributed by atoms with E-state index in [0.29, 0.717) is 33.7 Å². The smallest absolute Gasteiger partial charge is 0.261 e. The quantitative estimate of drug-likeness (QED) is 0.400. The van der Waals surface area contributed by atoms with Crippen LogP contribution in [0.25, 0.3) is 22.6 Å². The number of thiocarbonyl (C=S) groups is 1. The number of para-hydroxylation sites is 1. The first kappa shape index (κ1) is 20.8. The summed E-state index contributed by atoms with van der Waals surface area (Å²) in [4.78, 5) is 16.9. The lowest BCUT2D eigenvalue weighted by molar-refractivity contribution is 0.0975. The predicted octanol–water partition coefficient (Wildman–Crippen LogP) is 5.42. The van der Waals surface area contributed by atoms with Gasteiger partial charge in [-0.2, -0.15) is 0 Å². The van der Waals surface area contributed by atoms with Gasteiger partial charge in [0.05, 0.1) is 23.3 Å². The topological polar surface area (TPSA) is 76.4 Å². The summed E-state index contributed by atoms with van der Waals surface area (Å²) in [5.74, 6) is -0.131. The van der Waals surface area contributed by atoms with Gasteiger partial charge in [0.25, 0.3) is 5.91 Å². The standard InChI is InChI=1S/C22H15ClFN3O3S/c1-29-18-5-3-2-4-15(18)20(28)27-22(31)25-13-7-9-19-17(11-13)26-21(30-19)14-8-6-12(24)10-16(14)23/h2-11H,1H3,(H2,25,27,28,31). The molecule has 0 radical (unpaired) electrons. The number of benzene rings is 3. The van der Waals surface area contributed by atoms with Gasteiger partial charge in [-0.05, 0) is 60.7 Å². The highest BCUT2D eigenvalue weighted by molar-refractivity contribution is 7.80. The highest BCUT2D eigenvalue weighted by Gasteiger charge is 2.15. The molecule has 0 aliphatic carbocycles. The van der Waals surface area contributed by atoms with Crippen molar-refractivity contribution < 1.29 is 18.3 Å². The van der Waals surface area contributed by atoms with Crippen molar-refractivity contribution in [1.82, 2.24) is 10.3 Å². The zero-order valence-corrected chi connectivity index (χ0v) is 17.7. The van der Waals surface area contributed by atoms with E-state index in [0.717, 1.165) is 0 Å². The fourth-order valence-electron chi connectivity index (χ4n) is 2.95. The van der Waals surface area contributed by atoms with Crippen molar-refractivity contribution in [3.8, 4) is 17.2 Å². The van der Waals surface area contributed by atoms with Crippen molar-refractivity contribution in [2.75, 3.05) is 12.4 Å². The van der Waals surface area contributed by atoms with E-state index in [2.05, 4.69) is 15.6 Å². The number of carbonyl (C=O) groups is 1. The Balaban J connectivity index is 1.51. The van der Waals surface area contributed by atoms with Crippen LogP contribution < -0.4 is 15.4 Å². The molecule has 0 aliphatic rings. The second-order valence-corrected chi connectivity index (χ2v) is 7.25. The summed E-state index contributed by atoms with van der Waals surface area (Å²) in [7, 11) is 1.49. The maximum atomic E-state index is 13.3. The molecule has 0 unspecified atom stereocenters. The van der Waals surface area contributed by atoms with Gasteiger partial charge in [-0.1, -0.05) is 23.7 Å². The second kappa shape index (κ2) is 8.71. The first-order valence-corrected chi connectivity index (χ1v) is 9.84. The van der Waals surface area contributed by atoms with Crippen LogP contribution >= 0.6 is 23.8 Å². The summed E-state index contributed by atoms with van der Waals surface area (Å²) in [6.07, 6.45) is 0. The lowest BCUT2D eigenvalue weighted by Crippen LogP contribution is -2.34. The summed E-state index contributed by atoms with van der Waals surface area (Å²) >= 11 is 11.3. The molecule has 156 valence electrons. The number of amides is 1. The van der Waals surface area contributed by atoms with Gasteiger partial charge in [0.1, 0.15) is 17.1 Å². The van der Waals surface area contributed by atoms with E-state index in [1.807, 2.05) is 0 Å². The Morgan fingerprint density at radius 2 is 1.97 bits per heavy atom. The van der Waals surface area contributed by atoms with Crippen molar-refractivity contribution in [2.24, 2.45) is 0 Å². The largest absolute Gasteiger partial charge is 0.496 e. The molecule has 3 aromatic carbocycles. The molecule has 0 aliphatic heterocycles. The molecule has 4 aromatic rings. The van der Waals surface area contributed by atoms with Gasteiger partial charge in [0, 0.05) is 5.69 Å². The van der Waals surface area contributed by atoms with Gasteiger partial charge in [-0.25, -0.2) is 9.37 Å². The fraction of sp³-hybridized carbons (Fsp3) is 0.0455. The summed E-state index contributed by atoms with van der Waals surface area (Å²) < 4.78 is 24.2. The Hall–Kier alpha value is -3.49. The van der Waals surface area contributed by atoms with Crippen molar-refractivity contribution in [3.63, 3.8) is 0 Å². The summed E-state index contributed by atoms with van der Waals surface area (Å²) in [5, 5.41) is 5.87. The molecule has 1 aromatic heterocycles. The van der Waals surface area contributed by atoms with Crippen LogP contribution in [0, 0.1) is 5.82 Å². The number of nitrogens with zero attached hydrogens (tertiary/aromatic N) is 1. The molecule has 4 rings (SSSR count). The van der Waals surface area contributed by atoms with Gasteiger partial charge in [0.15, 0.2) is 10.7 Å². The number of rotatable bonds is 4. The molecule has 1 heterocycles. The minimum atomic E-state index is -0.444. The number of hydrogen-bond donors (Lipinski definition) is 2. The summed E-state index contributed by atoms with van der Waals surface area (Å²) in [6.45, 7) is 0. The second-order valence-electron chi connectivity index (χ2n) is 6.43. The van der Waals surface area contributed by atoms with E-state index in [9.17, 15) is 9.18 Å². The van der Waals surface area contributed by atoms with Crippen LogP contribution in [0.4, 0.5) is 10.1 Å². The molecule has 0 bridgehead atoms. The Kier molecular flexibility index (Phi) is 5.83. The molecule has 31 heavy (non-hydrogen) atoms. The van der Waals surface area contributed by atoms with Crippen LogP contribution in [0.5, 0.6) is 5.75 Å². The maximum Gasteiger partial charge on any atom is 0.261 e. The highest BCUT2D eigenvalue weighted by Crippen LogP contribution is 2.31. The van der Waals surface area contributed by atoms with Crippen LogP contribution in [0.2, 0.25) is 5.02 Å². The molecule has 6 nitrogen and oxygen atoms in total. The molecule has 0 spiro atoms. The van der Waals surface area contributed by atoms with Crippen LogP contribution in [0.3, 0.4) is 0 Å². The van der Waals surface area contributed by atoms with E-state index in [-0.39, 0.29) is 16.0 Å². The third-order valence-corrected chi connectivity index (χ3v) is 4.90. The zero-order chi connectivity index (χ0) is 22.0. The lowest BCUT2D eigenvalue weighted by Gasteiger charge is -2.11. The monoisotopic (exact) mass is 455 g/mol. The lowest BCUT2D eigenvalue weighted by atomic mass is 10.2. The number of fused-ring (bicyclic) bond motifs is 1. The Bertz CT molecular complexity index is 1310. The highest BCUT2D eigenvalue weighted by atomic mass is 35.5. The third-order valence-electron chi connectivity index (χ3n) is 4.39. The molecule has 9 heteroatoms. The van der Waals surface area contributed by atoms with Crippen molar-refractivity contribution in [3.05, 3.63) is 77.1 Å². The van der Waals surface area contributed by atoms with Gasteiger partial charge in [-0.15, -0.1) is 0 Å². The van der Waals surface area contributed by atoms with E-state index in [4.69, 9.17) is 33.0 Å². The van der Waals surface area contributed by atoms with Crippen molar-refractivity contribution in [2.45, 2.75) is 0 Å². The minimum absolute atomic E-state index is 0.112. The number of anilines is 1. The Morgan fingerprint density at radius 1 is 1.16 bits per heavy atom. The normalized spacial score (nSPS) is 10.7. The van der Waals surface area contributed by atoms with Crippen LogP contribution in [0.15, 0.2) is 65.1 Å². The van der Waals surface area contributed by atoms with E-state index < -0.39 is 11.7 Å². The molecular weight excluding hydrogens is 441 g/mol. The number of nitrogens with one attached hydrogen (secondary N) is 2. The number of hydrogen-bond acceptors (Lipinski definition) is 5. The third kappa shape index (κ3) is 4.50. The van der Waals surface area contributed by atoms with Crippen LogP contribution in [0.1, 0.15) is 10.4 Å². The molecule has 0 atom stereocenters. The Morgan fingerprint density at radius 3 is 2.74 bits per heavy atom. The number of aromatic nitrogens is 1. The first-order valence-electron chi connectivity index (χ1n) is 9.06. The first-order chi connectivity index (χ1) is 14.9. The predicted molar refractivity (Wildman–Crippen MR) is 121 cm³/mol. The molecular formula is C22H15ClFN3O3S. The van der Waals surface area contributed by atoms with Gasteiger partial charge >= 0.3 is 0 Å². The van der Waals surface area contributed by atoms with Gasteiger partial charge < -0.3 is 14.5 Å². The number of oxazole rings is 1. The van der Waals surface area contributed by atoms with Crippen LogP contribution in [-0.2, 0) is 0 Å². The summed E-state index contributed by atoms with van der Waals surface area (Å²) in [5.41, 5.74) is 2.50. The minimum Gasteiger partial charge on any atom is -0.496 e. The molecule has 0 saturated carbocycles. The van der Waals surface area contributed by atoms with E-state index in [1.54, 1.807) is 42.5 Å². The van der Waals surface area contributed by atoms with Crippen LogP contribution in [-0.4, -0.2) is 23.1 Å². The van der Waals surface area contributed by atoms with Crippen molar-refractivity contribution >= 4 is 51.6 Å². The average Bonchev–Trinajstić information content (AvgIpc) is 3.16. The van der Waals surface area contributed by atoms with E-state index in [1.165, 1.54) is 25.3 Å². The number of halogens is 2. The Labute approximate surface area is 187 Å². The van der Waals surface area contributed by atoms with Gasteiger partial charge in [-0.3, -0.25) is 10.1 Å². The fourth-order valence-corrected chi connectivity index (χ4v) is 3.41. The number of ether oxygens (including phenoxy) is 1. The number of methoxy groups -OCH3 is 1.